The molecule has 0 unspecified atom stereocenters. The number of urea groups is 1. The van der Waals surface area contributed by atoms with Gasteiger partial charge < -0.3 is 4.57 Å². The molecule has 1 fully saturated rings. The van der Waals surface area contributed by atoms with Gasteiger partial charge in [-0.1, -0.05) is 18.2 Å². The highest BCUT2D eigenvalue weighted by atomic mass is 16.2. The number of carbonyl (C=O) groups is 2. The summed E-state index contributed by atoms with van der Waals surface area (Å²) in [6.07, 6.45) is 1.92. The zero-order chi connectivity index (χ0) is 11.8. The predicted octanol–water partition coefficient (Wildman–Crippen LogP) is 1.15. The molecular formula is C12H11N3O2. The van der Waals surface area contributed by atoms with Crippen LogP contribution < -0.4 is 5.32 Å². The van der Waals surface area contributed by atoms with E-state index in [0.29, 0.717) is 6.67 Å². The lowest BCUT2D eigenvalue weighted by atomic mass is 10.2. The van der Waals surface area contributed by atoms with E-state index in [0.717, 1.165) is 10.9 Å². The maximum atomic E-state index is 11.4. The highest BCUT2D eigenvalue weighted by Crippen LogP contribution is 2.16. The lowest BCUT2D eigenvalue weighted by Gasteiger charge is -2.14. The van der Waals surface area contributed by atoms with Crippen molar-refractivity contribution < 1.29 is 9.59 Å². The van der Waals surface area contributed by atoms with E-state index in [-0.39, 0.29) is 18.5 Å². The first-order valence-electron chi connectivity index (χ1n) is 5.37. The Labute approximate surface area is 97.6 Å². The largest absolute Gasteiger partial charge is 0.329 e. The summed E-state index contributed by atoms with van der Waals surface area (Å²) < 4.78 is 1.95. The number of carbonyl (C=O) groups excluding carboxylic acids is 2. The summed E-state index contributed by atoms with van der Waals surface area (Å²) in [5.41, 5.74) is 1.06. The van der Waals surface area contributed by atoms with Gasteiger partial charge in [-0.05, 0) is 17.5 Å². The van der Waals surface area contributed by atoms with Gasteiger partial charge >= 0.3 is 6.03 Å². The Bertz CT molecular complexity index is 603. The topological polar surface area (TPSA) is 54.3 Å². The van der Waals surface area contributed by atoms with Crippen molar-refractivity contribution in [3.8, 4) is 0 Å². The van der Waals surface area contributed by atoms with Gasteiger partial charge in [-0.25, -0.2) is 4.79 Å². The van der Waals surface area contributed by atoms with E-state index < -0.39 is 0 Å². The average Bonchev–Trinajstić information content (AvgIpc) is 2.85. The van der Waals surface area contributed by atoms with E-state index in [1.807, 2.05) is 41.1 Å². The third-order valence-electron chi connectivity index (χ3n) is 2.87. The molecule has 1 aliphatic heterocycles. The third-order valence-corrected chi connectivity index (χ3v) is 2.87. The number of para-hydroxylation sites is 1. The molecule has 1 N–H and O–H groups in total. The zero-order valence-corrected chi connectivity index (χ0v) is 9.09. The van der Waals surface area contributed by atoms with Crippen LogP contribution in [0.25, 0.3) is 10.9 Å². The van der Waals surface area contributed by atoms with E-state index in [4.69, 9.17) is 0 Å². The summed E-state index contributed by atoms with van der Waals surface area (Å²) in [6.45, 7) is 0.524. The molecule has 3 rings (SSSR count). The molecule has 5 heteroatoms. The molecule has 2 aromatic rings. The van der Waals surface area contributed by atoms with Crippen LogP contribution in [-0.2, 0) is 11.5 Å². The second kappa shape index (κ2) is 3.62. The standard InChI is InChI=1S/C12H11N3O2/c16-11-7-15(12(17)13-11)8-14-6-5-9-3-1-2-4-10(9)14/h1-6H,7-8H2,(H,13,16,17). The number of aromatic nitrogens is 1. The Morgan fingerprint density at radius 2 is 2.00 bits per heavy atom. The van der Waals surface area contributed by atoms with Crippen LogP contribution in [0.4, 0.5) is 4.79 Å². The Morgan fingerprint density at radius 1 is 1.18 bits per heavy atom. The van der Waals surface area contributed by atoms with E-state index in [1.165, 1.54) is 4.90 Å². The predicted molar refractivity (Wildman–Crippen MR) is 62.2 cm³/mol. The van der Waals surface area contributed by atoms with Gasteiger partial charge in [-0.15, -0.1) is 0 Å². The molecule has 0 radical (unpaired) electrons. The minimum absolute atomic E-state index is 0.130. The van der Waals surface area contributed by atoms with E-state index >= 15 is 0 Å². The normalized spacial score (nSPS) is 15.6. The maximum Gasteiger partial charge on any atom is 0.326 e. The monoisotopic (exact) mass is 229 g/mol. The second-order valence-electron chi connectivity index (χ2n) is 4.04. The van der Waals surface area contributed by atoms with Crippen molar-refractivity contribution in [3.63, 3.8) is 0 Å². The first-order chi connectivity index (χ1) is 8.24. The molecule has 0 aliphatic carbocycles. The SMILES string of the molecule is O=C1CN(Cn2ccc3ccccc32)C(=O)N1. The molecule has 3 amide bonds. The average molecular weight is 229 g/mol. The van der Waals surface area contributed by atoms with Gasteiger partial charge in [0.1, 0.15) is 6.54 Å². The number of fused-ring (bicyclic) bond motifs is 1. The molecule has 17 heavy (non-hydrogen) atoms. The van der Waals surface area contributed by atoms with Gasteiger partial charge in [0.25, 0.3) is 0 Å². The summed E-state index contributed by atoms with van der Waals surface area (Å²) in [6, 6.07) is 9.59. The lowest BCUT2D eigenvalue weighted by Crippen LogP contribution is -2.29. The van der Waals surface area contributed by atoms with Crippen LogP contribution in [0.1, 0.15) is 0 Å². The quantitative estimate of drug-likeness (QED) is 0.785. The number of hydrogen-bond donors (Lipinski definition) is 1. The minimum Gasteiger partial charge on any atom is -0.329 e. The second-order valence-corrected chi connectivity index (χ2v) is 4.04. The Hall–Kier alpha value is -2.30. The molecule has 5 nitrogen and oxygen atoms in total. The fourth-order valence-electron chi connectivity index (χ4n) is 2.05. The fraction of sp³-hybridized carbons (Fsp3) is 0.167. The Morgan fingerprint density at radius 3 is 2.76 bits per heavy atom. The van der Waals surface area contributed by atoms with E-state index in [1.54, 1.807) is 0 Å². The van der Waals surface area contributed by atoms with Crippen molar-refractivity contribution in [2.24, 2.45) is 0 Å². The molecule has 0 bridgehead atoms. The van der Waals surface area contributed by atoms with Crippen LogP contribution in [0.3, 0.4) is 0 Å². The Balaban J connectivity index is 1.90. The minimum atomic E-state index is -0.326. The number of nitrogens with one attached hydrogen (secondary N) is 1. The number of hydrogen-bond acceptors (Lipinski definition) is 2. The number of nitrogens with zero attached hydrogens (tertiary/aromatic N) is 2. The molecule has 1 aromatic heterocycles. The smallest absolute Gasteiger partial charge is 0.326 e. The third kappa shape index (κ3) is 1.65. The zero-order valence-electron chi connectivity index (χ0n) is 9.09. The first-order valence-corrected chi connectivity index (χ1v) is 5.37. The van der Waals surface area contributed by atoms with Crippen molar-refractivity contribution >= 4 is 22.8 Å². The van der Waals surface area contributed by atoms with Crippen molar-refractivity contribution in [2.75, 3.05) is 6.54 Å². The molecule has 2 heterocycles. The highest BCUT2D eigenvalue weighted by Gasteiger charge is 2.26. The molecule has 0 spiro atoms. The van der Waals surface area contributed by atoms with Crippen LogP contribution in [0.5, 0.6) is 0 Å². The molecule has 1 saturated heterocycles. The van der Waals surface area contributed by atoms with Gasteiger partial charge in [-0.2, -0.15) is 0 Å². The number of rotatable bonds is 2. The Kier molecular flexibility index (Phi) is 2.11. The van der Waals surface area contributed by atoms with Crippen LogP contribution >= 0.6 is 0 Å². The number of imide groups is 1. The van der Waals surface area contributed by atoms with Crippen molar-refractivity contribution in [2.45, 2.75) is 6.67 Å². The molecule has 1 aromatic carbocycles. The van der Waals surface area contributed by atoms with E-state index in [2.05, 4.69) is 5.32 Å². The van der Waals surface area contributed by atoms with Crippen LogP contribution in [0.2, 0.25) is 0 Å². The summed E-state index contributed by atoms with van der Waals surface area (Å²) in [5, 5.41) is 3.39. The van der Waals surface area contributed by atoms with Crippen molar-refractivity contribution in [3.05, 3.63) is 36.5 Å². The van der Waals surface area contributed by atoms with Gasteiger partial charge in [0.2, 0.25) is 5.91 Å². The van der Waals surface area contributed by atoms with Gasteiger partial charge in [0.15, 0.2) is 0 Å². The number of benzene rings is 1. The molecule has 1 aliphatic rings. The van der Waals surface area contributed by atoms with Crippen molar-refractivity contribution in [1.29, 1.82) is 0 Å². The van der Waals surface area contributed by atoms with Gasteiger partial charge in [0.05, 0.1) is 6.67 Å². The summed E-state index contributed by atoms with van der Waals surface area (Å²) in [4.78, 5) is 24.0. The van der Waals surface area contributed by atoms with Crippen molar-refractivity contribution in [1.82, 2.24) is 14.8 Å². The van der Waals surface area contributed by atoms with Gasteiger partial charge in [0, 0.05) is 11.7 Å². The van der Waals surface area contributed by atoms with Crippen LogP contribution in [-0.4, -0.2) is 28.0 Å². The highest BCUT2D eigenvalue weighted by molar-refractivity contribution is 6.01. The molecular weight excluding hydrogens is 218 g/mol. The fourth-order valence-corrected chi connectivity index (χ4v) is 2.05. The van der Waals surface area contributed by atoms with E-state index in [9.17, 15) is 9.59 Å². The molecule has 86 valence electrons. The lowest BCUT2D eigenvalue weighted by molar-refractivity contribution is -0.118. The van der Waals surface area contributed by atoms with Crippen LogP contribution in [0, 0.1) is 0 Å². The molecule has 0 saturated carbocycles. The first kappa shape index (κ1) is 9.89. The van der Waals surface area contributed by atoms with Gasteiger partial charge in [-0.3, -0.25) is 15.0 Å². The summed E-state index contributed by atoms with van der Waals surface area (Å²) >= 11 is 0. The molecule has 0 atom stereocenters. The van der Waals surface area contributed by atoms with Crippen LogP contribution in [0.15, 0.2) is 36.5 Å². The maximum absolute atomic E-state index is 11.4. The number of amides is 3. The summed E-state index contributed by atoms with van der Waals surface area (Å²) in [5.74, 6) is -0.244. The summed E-state index contributed by atoms with van der Waals surface area (Å²) in [7, 11) is 0.